The number of fused-ring (bicyclic) bond motifs is 1. The van der Waals surface area contributed by atoms with Gasteiger partial charge in [0.05, 0.1) is 18.1 Å². The summed E-state index contributed by atoms with van der Waals surface area (Å²) < 4.78 is 0. The molecule has 0 heterocycles. The highest BCUT2D eigenvalue weighted by Gasteiger charge is 2.39. The van der Waals surface area contributed by atoms with Crippen LogP contribution in [0.3, 0.4) is 0 Å². The SMILES string of the molecule is O=C(NC1(CO)CCCC1)C1Cc2ccccc21. The summed E-state index contributed by atoms with van der Waals surface area (Å²) in [5.41, 5.74) is 2.09. The number of amides is 1. The lowest BCUT2D eigenvalue weighted by Crippen LogP contribution is -2.52. The molecule has 18 heavy (non-hydrogen) atoms. The van der Waals surface area contributed by atoms with E-state index in [4.69, 9.17) is 0 Å². The first kappa shape index (κ1) is 11.7. The van der Waals surface area contributed by atoms with Crippen molar-refractivity contribution in [2.24, 2.45) is 0 Å². The van der Waals surface area contributed by atoms with Gasteiger partial charge >= 0.3 is 0 Å². The van der Waals surface area contributed by atoms with Crippen molar-refractivity contribution in [2.75, 3.05) is 6.61 Å². The second-order valence-corrected chi connectivity index (χ2v) is 5.59. The van der Waals surface area contributed by atoms with Crippen LogP contribution in [0.1, 0.15) is 42.7 Å². The normalized spacial score (nSPS) is 24.2. The maximum Gasteiger partial charge on any atom is 0.228 e. The summed E-state index contributed by atoms with van der Waals surface area (Å²) in [4.78, 5) is 12.3. The van der Waals surface area contributed by atoms with Crippen LogP contribution in [-0.4, -0.2) is 23.2 Å². The fourth-order valence-corrected chi connectivity index (χ4v) is 3.22. The molecule has 0 bridgehead atoms. The van der Waals surface area contributed by atoms with Crippen LogP contribution in [0.2, 0.25) is 0 Å². The monoisotopic (exact) mass is 245 g/mol. The van der Waals surface area contributed by atoms with Crippen molar-refractivity contribution in [3.8, 4) is 0 Å². The van der Waals surface area contributed by atoms with E-state index in [2.05, 4.69) is 11.4 Å². The minimum atomic E-state index is -0.346. The zero-order valence-corrected chi connectivity index (χ0v) is 10.5. The van der Waals surface area contributed by atoms with Crippen LogP contribution < -0.4 is 5.32 Å². The molecule has 2 N–H and O–H groups in total. The standard InChI is InChI=1S/C15H19NO2/c17-10-15(7-3-4-8-15)16-14(18)13-9-11-5-1-2-6-12(11)13/h1-2,5-6,13,17H,3-4,7-10H2,(H,16,18). The van der Waals surface area contributed by atoms with E-state index in [0.717, 1.165) is 37.7 Å². The van der Waals surface area contributed by atoms with Gasteiger partial charge in [0, 0.05) is 0 Å². The third kappa shape index (κ3) is 1.83. The van der Waals surface area contributed by atoms with E-state index in [1.54, 1.807) is 0 Å². The molecule has 3 heteroatoms. The molecule has 1 atom stereocenters. The number of carbonyl (C=O) groups is 1. The first-order chi connectivity index (χ1) is 8.74. The van der Waals surface area contributed by atoms with Gasteiger partial charge in [0.1, 0.15) is 0 Å². The van der Waals surface area contributed by atoms with Gasteiger partial charge in [0.15, 0.2) is 0 Å². The third-order valence-corrected chi connectivity index (χ3v) is 4.42. The molecular formula is C15H19NO2. The lowest BCUT2D eigenvalue weighted by atomic mass is 9.76. The lowest BCUT2D eigenvalue weighted by molar-refractivity contribution is -0.125. The summed E-state index contributed by atoms with van der Waals surface area (Å²) >= 11 is 0. The summed E-state index contributed by atoms with van der Waals surface area (Å²) in [7, 11) is 0. The molecule has 2 aliphatic rings. The molecule has 96 valence electrons. The van der Waals surface area contributed by atoms with Crippen molar-refractivity contribution in [1.29, 1.82) is 0 Å². The highest BCUT2D eigenvalue weighted by atomic mass is 16.3. The molecule has 3 nitrogen and oxygen atoms in total. The Kier molecular flexibility index (Phi) is 2.86. The minimum Gasteiger partial charge on any atom is -0.394 e. The number of aliphatic hydroxyl groups is 1. The highest BCUT2D eigenvalue weighted by Crippen LogP contribution is 2.36. The number of hydrogen-bond donors (Lipinski definition) is 2. The molecule has 1 saturated carbocycles. The molecule has 1 unspecified atom stereocenters. The summed E-state index contributed by atoms with van der Waals surface area (Å²) in [6.45, 7) is 0.0626. The summed E-state index contributed by atoms with van der Waals surface area (Å²) in [6.07, 6.45) is 4.85. The highest BCUT2D eigenvalue weighted by molar-refractivity contribution is 5.87. The Hall–Kier alpha value is -1.35. The average molecular weight is 245 g/mol. The van der Waals surface area contributed by atoms with Crippen LogP contribution in [-0.2, 0) is 11.2 Å². The summed E-state index contributed by atoms with van der Waals surface area (Å²) in [5.74, 6) is 0.0786. The number of aliphatic hydroxyl groups excluding tert-OH is 1. The molecule has 3 rings (SSSR count). The fraction of sp³-hybridized carbons (Fsp3) is 0.533. The van der Waals surface area contributed by atoms with E-state index in [9.17, 15) is 9.90 Å². The number of carbonyl (C=O) groups excluding carboxylic acids is 1. The Bertz CT molecular complexity index is 463. The molecule has 0 aromatic heterocycles. The Morgan fingerprint density at radius 2 is 2.06 bits per heavy atom. The molecule has 1 aromatic rings. The average Bonchev–Trinajstić information content (AvgIpc) is 2.80. The molecule has 0 saturated heterocycles. The maximum absolute atomic E-state index is 12.3. The van der Waals surface area contributed by atoms with Crippen molar-refractivity contribution in [2.45, 2.75) is 43.6 Å². The number of benzene rings is 1. The number of hydrogen-bond acceptors (Lipinski definition) is 2. The van der Waals surface area contributed by atoms with E-state index in [1.165, 1.54) is 5.56 Å². The Morgan fingerprint density at radius 1 is 1.33 bits per heavy atom. The Morgan fingerprint density at radius 3 is 2.72 bits per heavy atom. The number of nitrogens with one attached hydrogen (secondary N) is 1. The second-order valence-electron chi connectivity index (χ2n) is 5.59. The van der Waals surface area contributed by atoms with Gasteiger partial charge in [-0.3, -0.25) is 4.79 Å². The van der Waals surface area contributed by atoms with Crippen LogP contribution in [0, 0.1) is 0 Å². The van der Waals surface area contributed by atoms with Gasteiger partial charge in [-0.15, -0.1) is 0 Å². The lowest BCUT2D eigenvalue weighted by Gasteiger charge is -2.34. The van der Waals surface area contributed by atoms with Crippen molar-refractivity contribution < 1.29 is 9.90 Å². The smallest absolute Gasteiger partial charge is 0.228 e. The van der Waals surface area contributed by atoms with E-state index in [0.29, 0.717) is 0 Å². The maximum atomic E-state index is 12.3. The van der Waals surface area contributed by atoms with Crippen LogP contribution in [0.25, 0.3) is 0 Å². The Balaban J connectivity index is 1.70. The van der Waals surface area contributed by atoms with Gasteiger partial charge in [-0.1, -0.05) is 37.1 Å². The van der Waals surface area contributed by atoms with Crippen LogP contribution in [0.15, 0.2) is 24.3 Å². The van der Waals surface area contributed by atoms with Gasteiger partial charge in [0.2, 0.25) is 5.91 Å². The van der Waals surface area contributed by atoms with Crippen molar-refractivity contribution in [3.63, 3.8) is 0 Å². The molecule has 2 aliphatic carbocycles. The van der Waals surface area contributed by atoms with Gasteiger partial charge in [-0.05, 0) is 30.4 Å². The van der Waals surface area contributed by atoms with E-state index in [-0.39, 0.29) is 24.0 Å². The Labute approximate surface area is 107 Å². The molecule has 1 aromatic carbocycles. The molecular weight excluding hydrogens is 226 g/mol. The molecule has 1 amide bonds. The zero-order chi connectivity index (χ0) is 12.6. The van der Waals surface area contributed by atoms with Crippen LogP contribution in [0.5, 0.6) is 0 Å². The summed E-state index contributed by atoms with van der Waals surface area (Å²) in [6, 6.07) is 8.11. The van der Waals surface area contributed by atoms with Crippen LogP contribution in [0.4, 0.5) is 0 Å². The van der Waals surface area contributed by atoms with Gasteiger partial charge < -0.3 is 10.4 Å². The number of rotatable bonds is 3. The molecule has 0 radical (unpaired) electrons. The quantitative estimate of drug-likeness (QED) is 0.852. The van der Waals surface area contributed by atoms with Gasteiger partial charge in [-0.2, -0.15) is 0 Å². The first-order valence-corrected chi connectivity index (χ1v) is 6.75. The molecule has 1 fully saturated rings. The first-order valence-electron chi connectivity index (χ1n) is 6.75. The van der Waals surface area contributed by atoms with Crippen molar-refractivity contribution in [3.05, 3.63) is 35.4 Å². The van der Waals surface area contributed by atoms with E-state index < -0.39 is 0 Å². The molecule has 0 aliphatic heterocycles. The fourth-order valence-electron chi connectivity index (χ4n) is 3.22. The topological polar surface area (TPSA) is 49.3 Å². The van der Waals surface area contributed by atoms with Crippen molar-refractivity contribution in [1.82, 2.24) is 5.32 Å². The van der Waals surface area contributed by atoms with Gasteiger partial charge in [0.25, 0.3) is 0 Å². The van der Waals surface area contributed by atoms with Gasteiger partial charge in [-0.25, -0.2) is 0 Å². The van der Waals surface area contributed by atoms with E-state index >= 15 is 0 Å². The largest absolute Gasteiger partial charge is 0.394 e. The molecule has 0 spiro atoms. The van der Waals surface area contributed by atoms with Crippen LogP contribution >= 0.6 is 0 Å². The third-order valence-electron chi connectivity index (χ3n) is 4.42. The predicted molar refractivity (Wildman–Crippen MR) is 69.3 cm³/mol. The summed E-state index contributed by atoms with van der Waals surface area (Å²) in [5, 5.41) is 12.6. The second kappa shape index (κ2) is 4.39. The predicted octanol–water partition coefficient (Wildman–Crippen LogP) is 1.75. The van der Waals surface area contributed by atoms with Crippen molar-refractivity contribution >= 4 is 5.91 Å². The minimum absolute atomic E-state index is 0.00905. The van der Waals surface area contributed by atoms with E-state index in [1.807, 2.05) is 18.2 Å². The zero-order valence-electron chi connectivity index (χ0n) is 10.5.